The number of benzene rings is 2. The Kier molecular flexibility index (Phi) is 7.61. The first-order valence-electron chi connectivity index (χ1n) is 10.8. The molecule has 1 aliphatic carbocycles. The number of ether oxygens (including phenoxy) is 1. The van der Waals surface area contributed by atoms with Crippen LogP contribution in [0.1, 0.15) is 30.4 Å². The molecule has 2 aromatic rings. The minimum atomic E-state index is -3.36. The maximum Gasteiger partial charge on any atom is 0.407 e. The van der Waals surface area contributed by atoms with Crippen molar-refractivity contribution in [3.05, 3.63) is 59.7 Å². The molecule has 3 rings (SSSR count). The third-order valence-corrected chi connectivity index (χ3v) is 6.95. The van der Waals surface area contributed by atoms with Crippen LogP contribution in [0.3, 0.4) is 0 Å². The van der Waals surface area contributed by atoms with Crippen LogP contribution in [0.15, 0.2) is 48.5 Å². The first kappa shape index (κ1) is 25.2. The van der Waals surface area contributed by atoms with Gasteiger partial charge in [-0.2, -0.15) is 0 Å². The molecule has 0 heterocycles. The van der Waals surface area contributed by atoms with Gasteiger partial charge >= 0.3 is 12.1 Å². The molecule has 0 saturated heterocycles. The molecule has 0 fully saturated rings. The largest absolute Gasteiger partial charge is 0.481 e. The molecule has 10 heteroatoms. The summed E-state index contributed by atoms with van der Waals surface area (Å²) in [6, 6.07) is 13.5. The molecule has 0 saturated carbocycles. The summed E-state index contributed by atoms with van der Waals surface area (Å²) in [5.74, 6) is -2.49. The molecule has 2 amide bonds. The van der Waals surface area contributed by atoms with E-state index in [1.54, 1.807) is 0 Å². The first-order valence-corrected chi connectivity index (χ1v) is 12.8. The van der Waals surface area contributed by atoms with E-state index in [9.17, 15) is 27.9 Å². The van der Waals surface area contributed by atoms with Crippen molar-refractivity contribution in [2.75, 3.05) is 25.7 Å². The van der Waals surface area contributed by atoms with E-state index in [1.807, 2.05) is 48.5 Å². The lowest BCUT2D eigenvalue weighted by Crippen LogP contribution is -2.52. The number of sulfone groups is 1. The number of nitrogens with one attached hydrogen (secondary N) is 1. The van der Waals surface area contributed by atoms with Crippen LogP contribution in [0, 0.1) is 0 Å². The lowest BCUT2D eigenvalue weighted by molar-refractivity contribution is -0.142. The van der Waals surface area contributed by atoms with E-state index in [0.29, 0.717) is 0 Å². The molecule has 0 spiro atoms. The van der Waals surface area contributed by atoms with Crippen LogP contribution < -0.4 is 5.32 Å². The summed E-state index contributed by atoms with van der Waals surface area (Å²) < 4.78 is 28.5. The Balaban J connectivity index is 1.69. The van der Waals surface area contributed by atoms with E-state index in [4.69, 9.17) is 4.74 Å². The minimum Gasteiger partial charge on any atom is -0.481 e. The second-order valence-electron chi connectivity index (χ2n) is 8.51. The Hall–Kier alpha value is -3.40. The Morgan fingerprint density at radius 1 is 1.06 bits per heavy atom. The number of alkyl carbamates (subject to hydrolysis) is 1. The molecule has 0 bridgehead atoms. The molecule has 2 atom stereocenters. The Morgan fingerprint density at radius 3 is 2.09 bits per heavy atom. The number of hydrogen-bond donors (Lipinski definition) is 2. The lowest BCUT2D eigenvalue weighted by Gasteiger charge is -2.28. The Labute approximate surface area is 198 Å². The van der Waals surface area contributed by atoms with Gasteiger partial charge in [0, 0.05) is 25.3 Å². The van der Waals surface area contributed by atoms with E-state index in [-0.39, 0.29) is 18.3 Å². The van der Waals surface area contributed by atoms with Crippen LogP contribution >= 0.6 is 0 Å². The molecule has 2 unspecified atom stereocenters. The standard InChI is InChI=1S/C24H28N2O7S/c1-15(14-34(3,31)32)26(2)23(29)21(12-22(27)28)25-24(30)33-13-20-18-10-6-4-8-16(18)17-9-5-7-11-19(17)20/h4-11,15,20-21H,12-14H2,1-3H3,(H,25,30)(H,27,28). The summed E-state index contributed by atoms with van der Waals surface area (Å²) >= 11 is 0. The summed E-state index contributed by atoms with van der Waals surface area (Å²) in [4.78, 5) is 37.8. The van der Waals surface area contributed by atoms with Gasteiger partial charge in [-0.15, -0.1) is 0 Å². The van der Waals surface area contributed by atoms with E-state index in [2.05, 4.69) is 5.32 Å². The summed E-state index contributed by atoms with van der Waals surface area (Å²) in [6.07, 6.45) is -0.546. The summed E-state index contributed by atoms with van der Waals surface area (Å²) in [6.45, 7) is 1.54. The minimum absolute atomic E-state index is 0.00810. The van der Waals surface area contributed by atoms with Gasteiger partial charge in [-0.3, -0.25) is 9.59 Å². The highest BCUT2D eigenvalue weighted by Gasteiger charge is 2.32. The first-order chi connectivity index (χ1) is 16.0. The average molecular weight is 489 g/mol. The fourth-order valence-corrected chi connectivity index (χ4v) is 5.27. The fraction of sp³-hybridized carbons (Fsp3) is 0.375. The summed E-state index contributed by atoms with van der Waals surface area (Å²) in [5, 5.41) is 11.6. The molecule has 0 aliphatic heterocycles. The van der Waals surface area contributed by atoms with Gasteiger partial charge in [0.05, 0.1) is 12.2 Å². The quantitative estimate of drug-likeness (QED) is 0.554. The number of carboxylic acids is 1. The monoisotopic (exact) mass is 488 g/mol. The van der Waals surface area contributed by atoms with Crippen molar-refractivity contribution in [1.29, 1.82) is 0 Å². The van der Waals surface area contributed by atoms with E-state index < -0.39 is 46.3 Å². The number of carbonyl (C=O) groups excluding carboxylic acids is 2. The number of nitrogens with zero attached hydrogens (tertiary/aromatic N) is 1. The van der Waals surface area contributed by atoms with Crippen molar-refractivity contribution in [1.82, 2.24) is 10.2 Å². The fourth-order valence-electron chi connectivity index (χ4n) is 4.17. The Bertz CT molecular complexity index is 1150. The molecule has 9 nitrogen and oxygen atoms in total. The van der Waals surface area contributed by atoms with Crippen LogP contribution in [-0.2, 0) is 24.2 Å². The van der Waals surface area contributed by atoms with Crippen molar-refractivity contribution in [2.45, 2.75) is 31.3 Å². The number of likely N-dealkylation sites (N-methyl/N-ethyl adjacent to an activating group) is 1. The zero-order valence-corrected chi connectivity index (χ0v) is 20.0. The van der Waals surface area contributed by atoms with Crippen molar-refractivity contribution in [2.24, 2.45) is 0 Å². The SMILES string of the molecule is CC(CS(C)(=O)=O)N(C)C(=O)C(CC(=O)O)NC(=O)OCC1c2ccccc2-c2ccccc21. The molecule has 0 aromatic heterocycles. The maximum atomic E-state index is 12.8. The van der Waals surface area contributed by atoms with Crippen molar-refractivity contribution in [3.63, 3.8) is 0 Å². The van der Waals surface area contributed by atoms with E-state index >= 15 is 0 Å². The van der Waals surface area contributed by atoms with Crippen LogP contribution in [-0.4, -0.2) is 74.1 Å². The molecule has 182 valence electrons. The normalized spacial score (nSPS) is 14.4. The molecular weight excluding hydrogens is 460 g/mol. The number of hydrogen-bond acceptors (Lipinski definition) is 6. The van der Waals surface area contributed by atoms with Gasteiger partial charge in [0.2, 0.25) is 5.91 Å². The number of aliphatic carboxylic acids is 1. The lowest BCUT2D eigenvalue weighted by atomic mass is 9.98. The van der Waals surface area contributed by atoms with Crippen molar-refractivity contribution in [3.8, 4) is 11.1 Å². The van der Waals surface area contributed by atoms with Gasteiger partial charge in [0.25, 0.3) is 0 Å². The van der Waals surface area contributed by atoms with Gasteiger partial charge < -0.3 is 20.1 Å². The van der Waals surface area contributed by atoms with Gasteiger partial charge in [0.1, 0.15) is 22.5 Å². The van der Waals surface area contributed by atoms with Gasteiger partial charge in [-0.05, 0) is 29.2 Å². The van der Waals surface area contributed by atoms with Crippen LogP contribution in [0.25, 0.3) is 11.1 Å². The van der Waals surface area contributed by atoms with Crippen molar-refractivity contribution >= 4 is 27.8 Å². The third kappa shape index (κ3) is 5.93. The molecule has 2 N–H and O–H groups in total. The van der Waals surface area contributed by atoms with Crippen LogP contribution in [0.5, 0.6) is 0 Å². The molecule has 2 aromatic carbocycles. The van der Waals surface area contributed by atoms with Gasteiger partial charge in [-0.25, -0.2) is 13.2 Å². The number of fused-ring (bicyclic) bond motifs is 3. The van der Waals surface area contributed by atoms with Gasteiger partial charge in [0.15, 0.2) is 0 Å². The summed E-state index contributed by atoms with van der Waals surface area (Å²) in [5.41, 5.74) is 4.16. The topological polar surface area (TPSA) is 130 Å². The average Bonchev–Trinajstić information content (AvgIpc) is 3.08. The molecule has 0 radical (unpaired) electrons. The second kappa shape index (κ2) is 10.3. The van der Waals surface area contributed by atoms with Crippen LogP contribution in [0.2, 0.25) is 0 Å². The van der Waals surface area contributed by atoms with E-state index in [1.165, 1.54) is 14.0 Å². The third-order valence-electron chi connectivity index (χ3n) is 5.87. The predicted octanol–water partition coefficient (Wildman–Crippen LogP) is 2.26. The number of amides is 2. The number of rotatable bonds is 9. The highest BCUT2D eigenvalue weighted by molar-refractivity contribution is 7.90. The Morgan fingerprint density at radius 2 is 1.59 bits per heavy atom. The van der Waals surface area contributed by atoms with E-state index in [0.717, 1.165) is 33.4 Å². The van der Waals surface area contributed by atoms with Crippen LogP contribution in [0.4, 0.5) is 4.79 Å². The highest BCUT2D eigenvalue weighted by atomic mass is 32.2. The molecular formula is C24H28N2O7S. The summed E-state index contributed by atoms with van der Waals surface area (Å²) in [7, 11) is -2.00. The number of carbonyl (C=O) groups is 3. The van der Waals surface area contributed by atoms with Crippen molar-refractivity contribution < 1.29 is 32.6 Å². The molecule has 1 aliphatic rings. The number of carboxylic acid groups (broad SMARTS) is 1. The second-order valence-corrected chi connectivity index (χ2v) is 10.7. The van der Waals surface area contributed by atoms with Gasteiger partial charge in [-0.1, -0.05) is 48.5 Å². The highest BCUT2D eigenvalue weighted by Crippen LogP contribution is 2.44. The zero-order chi connectivity index (χ0) is 25.0. The predicted molar refractivity (Wildman–Crippen MR) is 126 cm³/mol. The zero-order valence-electron chi connectivity index (χ0n) is 19.2. The molecule has 34 heavy (non-hydrogen) atoms. The maximum absolute atomic E-state index is 12.8. The smallest absolute Gasteiger partial charge is 0.407 e.